The lowest BCUT2D eigenvalue weighted by Gasteiger charge is -2.20. The van der Waals surface area contributed by atoms with Crippen LogP contribution in [0.1, 0.15) is 57.5 Å². The lowest BCUT2D eigenvalue weighted by atomic mass is 9.87. The maximum Gasteiger partial charge on any atom is 0.256 e. The minimum Gasteiger partial charge on any atom is -0.364 e. The lowest BCUT2D eigenvalue weighted by Crippen LogP contribution is -2.26. The molecule has 128 valence electrons. The fourth-order valence-electron chi connectivity index (χ4n) is 2.16. The summed E-state index contributed by atoms with van der Waals surface area (Å²) < 4.78 is 0. The van der Waals surface area contributed by atoms with E-state index in [9.17, 15) is 4.79 Å². The van der Waals surface area contributed by atoms with Gasteiger partial charge in [0.15, 0.2) is 5.82 Å². The summed E-state index contributed by atoms with van der Waals surface area (Å²) in [6.45, 7) is 12.6. The van der Waals surface area contributed by atoms with Crippen LogP contribution >= 0.6 is 0 Å². The molecule has 0 spiro atoms. The van der Waals surface area contributed by atoms with Crippen LogP contribution in [-0.2, 0) is 5.41 Å². The molecule has 2 N–H and O–H groups in total. The van der Waals surface area contributed by atoms with Crippen molar-refractivity contribution in [3.05, 3.63) is 47.5 Å². The first-order chi connectivity index (χ1) is 11.0. The van der Waals surface area contributed by atoms with Crippen LogP contribution in [0.5, 0.6) is 0 Å². The Morgan fingerprint density at radius 1 is 0.833 bits per heavy atom. The Balaban J connectivity index is 2.04. The number of hydrogen-bond acceptors (Lipinski definition) is 4. The molecule has 0 aliphatic carbocycles. The van der Waals surface area contributed by atoms with E-state index >= 15 is 0 Å². The van der Waals surface area contributed by atoms with E-state index in [1.165, 1.54) is 5.56 Å². The van der Waals surface area contributed by atoms with E-state index in [0.717, 1.165) is 0 Å². The normalized spacial score (nSPS) is 11.9. The van der Waals surface area contributed by atoms with E-state index in [0.29, 0.717) is 17.2 Å². The fraction of sp³-hybridized carbons (Fsp3) is 0.421. The molecule has 2 rings (SSSR count). The van der Waals surface area contributed by atoms with Gasteiger partial charge in [-0.05, 0) is 56.0 Å². The second-order valence-corrected chi connectivity index (χ2v) is 7.96. The molecular formula is C19H26N4O. The van der Waals surface area contributed by atoms with Gasteiger partial charge < -0.3 is 10.6 Å². The molecule has 0 bridgehead atoms. The Hall–Kier alpha value is -2.43. The Morgan fingerprint density at radius 2 is 1.38 bits per heavy atom. The number of nitrogens with zero attached hydrogens (tertiary/aromatic N) is 2. The van der Waals surface area contributed by atoms with Gasteiger partial charge in [-0.3, -0.25) is 4.79 Å². The number of hydrogen-bond donors (Lipinski definition) is 2. The van der Waals surface area contributed by atoms with Crippen molar-refractivity contribution in [1.82, 2.24) is 10.2 Å². The van der Waals surface area contributed by atoms with E-state index in [2.05, 4.69) is 41.6 Å². The van der Waals surface area contributed by atoms with Gasteiger partial charge in [0.05, 0.1) is 0 Å². The monoisotopic (exact) mass is 326 g/mol. The van der Waals surface area contributed by atoms with Crippen LogP contribution in [0.2, 0.25) is 0 Å². The highest BCUT2D eigenvalue weighted by Gasteiger charge is 2.15. The van der Waals surface area contributed by atoms with Gasteiger partial charge in [0.25, 0.3) is 5.91 Å². The maximum atomic E-state index is 12.3. The van der Waals surface area contributed by atoms with Crippen LogP contribution in [0.15, 0.2) is 36.4 Å². The highest BCUT2D eigenvalue weighted by molar-refractivity contribution is 6.03. The molecule has 1 amide bonds. The van der Waals surface area contributed by atoms with E-state index in [-0.39, 0.29) is 16.9 Å². The molecule has 24 heavy (non-hydrogen) atoms. The molecule has 0 fully saturated rings. The number of amides is 1. The second-order valence-electron chi connectivity index (χ2n) is 7.96. The van der Waals surface area contributed by atoms with Crippen molar-refractivity contribution < 1.29 is 4.79 Å². The number of aromatic nitrogens is 2. The minimum absolute atomic E-state index is 0.0658. The summed E-state index contributed by atoms with van der Waals surface area (Å²) in [5.74, 6) is 0.913. The summed E-state index contributed by atoms with van der Waals surface area (Å²) in [6.07, 6.45) is 0. The van der Waals surface area contributed by atoms with Crippen LogP contribution in [-0.4, -0.2) is 21.6 Å². The average molecular weight is 326 g/mol. The van der Waals surface area contributed by atoms with Crippen LogP contribution < -0.4 is 10.6 Å². The largest absolute Gasteiger partial charge is 0.364 e. The van der Waals surface area contributed by atoms with Gasteiger partial charge in [0, 0.05) is 11.1 Å². The molecule has 2 aromatic rings. The number of benzene rings is 1. The Bertz CT molecular complexity index is 692. The third-order valence-corrected chi connectivity index (χ3v) is 3.42. The summed E-state index contributed by atoms with van der Waals surface area (Å²) >= 11 is 0. The average Bonchev–Trinajstić information content (AvgIpc) is 2.47. The highest BCUT2D eigenvalue weighted by Crippen LogP contribution is 2.22. The molecule has 1 aromatic carbocycles. The van der Waals surface area contributed by atoms with E-state index in [1.54, 1.807) is 12.1 Å². The van der Waals surface area contributed by atoms with Crippen LogP contribution in [0, 0.1) is 0 Å². The first-order valence-electron chi connectivity index (χ1n) is 8.08. The highest BCUT2D eigenvalue weighted by atomic mass is 16.1. The van der Waals surface area contributed by atoms with Gasteiger partial charge in [-0.1, -0.05) is 32.9 Å². The lowest BCUT2D eigenvalue weighted by molar-refractivity contribution is 0.102. The predicted molar refractivity (Wildman–Crippen MR) is 98.5 cm³/mol. The van der Waals surface area contributed by atoms with Crippen molar-refractivity contribution in [3.8, 4) is 0 Å². The van der Waals surface area contributed by atoms with E-state index in [1.807, 2.05) is 45.0 Å². The first-order valence-corrected chi connectivity index (χ1v) is 8.08. The quantitative estimate of drug-likeness (QED) is 0.885. The summed E-state index contributed by atoms with van der Waals surface area (Å²) in [4.78, 5) is 12.3. The van der Waals surface area contributed by atoms with Gasteiger partial charge >= 0.3 is 0 Å². The number of rotatable bonds is 3. The molecule has 1 aromatic heterocycles. The van der Waals surface area contributed by atoms with Crippen LogP contribution in [0.25, 0.3) is 0 Å². The molecular weight excluding hydrogens is 300 g/mol. The molecule has 1 heterocycles. The minimum atomic E-state index is -0.193. The molecule has 0 saturated carbocycles. The molecule has 0 saturated heterocycles. The molecule has 5 heteroatoms. The number of carbonyl (C=O) groups is 1. The van der Waals surface area contributed by atoms with E-state index in [4.69, 9.17) is 0 Å². The SMILES string of the molecule is CC(C)(C)Nc1ccc(NC(=O)c2ccc(C(C)(C)C)cc2)nn1. The standard InChI is InChI=1S/C19H26N4O/c1-18(2,3)14-9-7-13(8-10-14)17(24)20-15-11-12-16(23-22-15)21-19(4,5)6/h7-12H,1-6H3,(H,21,23)(H,20,22,24). The second kappa shape index (κ2) is 6.59. The summed E-state index contributed by atoms with van der Waals surface area (Å²) in [5.41, 5.74) is 1.77. The zero-order valence-electron chi connectivity index (χ0n) is 15.3. The first kappa shape index (κ1) is 17.9. The number of nitrogens with one attached hydrogen (secondary N) is 2. The maximum absolute atomic E-state index is 12.3. The number of anilines is 2. The fourth-order valence-corrected chi connectivity index (χ4v) is 2.16. The van der Waals surface area contributed by atoms with Crippen molar-refractivity contribution in [1.29, 1.82) is 0 Å². The molecule has 0 atom stereocenters. The summed E-state index contributed by atoms with van der Waals surface area (Å²) in [5, 5.41) is 14.1. The Kier molecular flexibility index (Phi) is 4.92. The number of carbonyl (C=O) groups excluding carboxylic acids is 1. The predicted octanol–water partition coefficient (Wildman–Crippen LogP) is 4.24. The molecule has 5 nitrogen and oxygen atoms in total. The zero-order chi connectivity index (χ0) is 18.0. The third-order valence-electron chi connectivity index (χ3n) is 3.42. The molecule has 0 unspecified atom stereocenters. The topological polar surface area (TPSA) is 66.9 Å². The molecule has 0 aliphatic rings. The van der Waals surface area contributed by atoms with Gasteiger partial charge in [0.2, 0.25) is 0 Å². The molecule has 0 radical (unpaired) electrons. The molecule has 0 aliphatic heterocycles. The van der Waals surface area contributed by atoms with Crippen LogP contribution in [0.4, 0.5) is 11.6 Å². The summed E-state index contributed by atoms with van der Waals surface area (Å²) in [6, 6.07) is 11.2. The van der Waals surface area contributed by atoms with Gasteiger partial charge in [-0.15, -0.1) is 10.2 Å². The van der Waals surface area contributed by atoms with Crippen molar-refractivity contribution in [3.63, 3.8) is 0 Å². The van der Waals surface area contributed by atoms with Crippen molar-refractivity contribution in [2.24, 2.45) is 0 Å². The van der Waals surface area contributed by atoms with Crippen LogP contribution in [0.3, 0.4) is 0 Å². The smallest absolute Gasteiger partial charge is 0.256 e. The third kappa shape index (κ3) is 5.05. The van der Waals surface area contributed by atoms with Crippen molar-refractivity contribution >= 4 is 17.5 Å². The summed E-state index contributed by atoms with van der Waals surface area (Å²) in [7, 11) is 0. The zero-order valence-corrected chi connectivity index (χ0v) is 15.3. The van der Waals surface area contributed by atoms with Crippen molar-refractivity contribution in [2.45, 2.75) is 52.5 Å². The Labute approximate surface area is 143 Å². The van der Waals surface area contributed by atoms with E-state index < -0.39 is 0 Å². The van der Waals surface area contributed by atoms with Gasteiger partial charge in [-0.2, -0.15) is 0 Å². The van der Waals surface area contributed by atoms with Gasteiger partial charge in [-0.25, -0.2) is 0 Å². The van der Waals surface area contributed by atoms with Gasteiger partial charge in [0.1, 0.15) is 5.82 Å². The Morgan fingerprint density at radius 3 is 1.83 bits per heavy atom. The van der Waals surface area contributed by atoms with Crippen molar-refractivity contribution in [2.75, 3.05) is 10.6 Å².